The number of nitrogens with one attached hydrogen (secondary N) is 1. The molecular formula is C18H24FNO4. The van der Waals surface area contributed by atoms with Crippen molar-refractivity contribution < 1.29 is 23.4 Å². The van der Waals surface area contributed by atoms with Crippen LogP contribution in [0, 0.1) is 11.2 Å². The van der Waals surface area contributed by atoms with E-state index in [4.69, 9.17) is 14.2 Å². The van der Waals surface area contributed by atoms with E-state index in [0.29, 0.717) is 25.4 Å². The SMILES string of the molecule is CCOC1CC(NC(=O)c2ccc(F)c(OC)c2)C12CCOCC2. The molecule has 1 heterocycles. The molecule has 1 saturated carbocycles. The van der Waals surface area contributed by atoms with E-state index in [0.717, 1.165) is 19.3 Å². The van der Waals surface area contributed by atoms with Crippen molar-refractivity contribution >= 4 is 5.91 Å². The summed E-state index contributed by atoms with van der Waals surface area (Å²) in [5.41, 5.74) is 0.351. The van der Waals surface area contributed by atoms with Gasteiger partial charge in [-0.3, -0.25) is 4.79 Å². The fourth-order valence-corrected chi connectivity index (χ4v) is 3.85. The van der Waals surface area contributed by atoms with Crippen molar-refractivity contribution in [1.82, 2.24) is 5.32 Å². The zero-order chi connectivity index (χ0) is 17.2. The smallest absolute Gasteiger partial charge is 0.251 e. The molecule has 1 aromatic rings. The summed E-state index contributed by atoms with van der Waals surface area (Å²) in [6, 6.07) is 4.21. The second-order valence-electron chi connectivity index (χ2n) is 6.40. The van der Waals surface area contributed by atoms with Crippen LogP contribution in [0.3, 0.4) is 0 Å². The maximum Gasteiger partial charge on any atom is 0.251 e. The van der Waals surface area contributed by atoms with Crippen molar-refractivity contribution in [2.75, 3.05) is 26.9 Å². The summed E-state index contributed by atoms with van der Waals surface area (Å²) in [5, 5.41) is 3.10. The average Bonchev–Trinajstić information content (AvgIpc) is 2.61. The van der Waals surface area contributed by atoms with Gasteiger partial charge in [-0.25, -0.2) is 4.39 Å². The number of ether oxygens (including phenoxy) is 3. The minimum atomic E-state index is -0.477. The topological polar surface area (TPSA) is 56.8 Å². The Morgan fingerprint density at radius 2 is 2.17 bits per heavy atom. The van der Waals surface area contributed by atoms with E-state index in [9.17, 15) is 9.18 Å². The number of rotatable bonds is 5. The molecule has 2 aliphatic rings. The van der Waals surface area contributed by atoms with Crippen molar-refractivity contribution in [3.8, 4) is 5.75 Å². The predicted octanol–water partition coefficient (Wildman–Crippen LogP) is 2.54. The maximum atomic E-state index is 13.5. The minimum Gasteiger partial charge on any atom is -0.494 e. The van der Waals surface area contributed by atoms with Crippen molar-refractivity contribution in [2.24, 2.45) is 5.41 Å². The lowest BCUT2D eigenvalue weighted by molar-refractivity contribution is -0.170. The standard InChI is InChI=1S/C18H24FNO4/c1-3-24-16-11-15(18(16)6-8-23-9-7-18)20-17(21)12-4-5-13(19)14(10-12)22-2/h4-5,10,15-16H,3,6-9,11H2,1-2H3,(H,20,21). The van der Waals surface area contributed by atoms with Gasteiger partial charge < -0.3 is 19.5 Å². The first-order valence-electron chi connectivity index (χ1n) is 8.44. The fraction of sp³-hybridized carbons (Fsp3) is 0.611. The van der Waals surface area contributed by atoms with Crippen molar-refractivity contribution in [2.45, 2.75) is 38.3 Å². The molecule has 1 amide bonds. The number of carbonyl (C=O) groups excluding carboxylic acids is 1. The van der Waals surface area contributed by atoms with Gasteiger partial charge in [-0.1, -0.05) is 0 Å². The van der Waals surface area contributed by atoms with E-state index in [1.165, 1.54) is 25.3 Å². The molecule has 2 fully saturated rings. The molecule has 3 rings (SSSR count). The van der Waals surface area contributed by atoms with Gasteiger partial charge in [-0.2, -0.15) is 0 Å². The van der Waals surface area contributed by atoms with Crippen LogP contribution in [-0.4, -0.2) is 45.0 Å². The van der Waals surface area contributed by atoms with Crippen LogP contribution in [0.25, 0.3) is 0 Å². The van der Waals surface area contributed by atoms with Crippen LogP contribution >= 0.6 is 0 Å². The summed E-state index contributed by atoms with van der Waals surface area (Å²) in [4.78, 5) is 12.6. The van der Waals surface area contributed by atoms with E-state index in [1.807, 2.05) is 6.92 Å². The molecule has 2 atom stereocenters. The molecule has 24 heavy (non-hydrogen) atoms. The van der Waals surface area contributed by atoms with E-state index in [-0.39, 0.29) is 29.2 Å². The van der Waals surface area contributed by atoms with Gasteiger partial charge in [0, 0.05) is 36.8 Å². The minimum absolute atomic E-state index is 0.0476. The lowest BCUT2D eigenvalue weighted by Gasteiger charge is -2.57. The third-order valence-corrected chi connectivity index (χ3v) is 5.30. The monoisotopic (exact) mass is 337 g/mol. The predicted molar refractivity (Wildman–Crippen MR) is 86.7 cm³/mol. The van der Waals surface area contributed by atoms with Crippen LogP contribution in [0.1, 0.15) is 36.5 Å². The van der Waals surface area contributed by atoms with E-state index in [1.54, 1.807) is 0 Å². The number of benzene rings is 1. The Balaban J connectivity index is 1.72. The molecule has 0 bridgehead atoms. The molecule has 132 valence electrons. The van der Waals surface area contributed by atoms with Gasteiger partial charge in [0.1, 0.15) is 0 Å². The zero-order valence-corrected chi connectivity index (χ0v) is 14.1. The molecular weight excluding hydrogens is 313 g/mol. The molecule has 1 aromatic carbocycles. The number of hydrogen-bond acceptors (Lipinski definition) is 4. The molecule has 1 aliphatic carbocycles. The number of halogens is 1. The molecule has 1 saturated heterocycles. The Morgan fingerprint density at radius 3 is 2.83 bits per heavy atom. The fourth-order valence-electron chi connectivity index (χ4n) is 3.85. The summed E-state index contributed by atoms with van der Waals surface area (Å²) in [6.07, 6.45) is 2.74. The number of hydrogen-bond donors (Lipinski definition) is 1. The Kier molecular flexibility index (Phi) is 5.06. The molecule has 0 radical (unpaired) electrons. The highest BCUT2D eigenvalue weighted by Gasteiger charge is 2.56. The van der Waals surface area contributed by atoms with Gasteiger partial charge >= 0.3 is 0 Å². The summed E-state index contributed by atoms with van der Waals surface area (Å²) in [5.74, 6) is -0.613. The van der Waals surface area contributed by atoms with Crippen LogP contribution in [0.5, 0.6) is 5.75 Å². The van der Waals surface area contributed by atoms with Crippen molar-refractivity contribution in [3.63, 3.8) is 0 Å². The summed E-state index contributed by atoms with van der Waals surface area (Å²) in [7, 11) is 1.38. The van der Waals surface area contributed by atoms with E-state index < -0.39 is 5.82 Å². The highest BCUT2D eigenvalue weighted by molar-refractivity contribution is 5.95. The first kappa shape index (κ1) is 17.2. The van der Waals surface area contributed by atoms with Crippen LogP contribution in [-0.2, 0) is 9.47 Å². The van der Waals surface area contributed by atoms with Gasteiger partial charge in [0.2, 0.25) is 0 Å². The zero-order valence-electron chi connectivity index (χ0n) is 14.1. The summed E-state index contributed by atoms with van der Waals surface area (Å²) < 4.78 is 29.8. The largest absolute Gasteiger partial charge is 0.494 e. The molecule has 6 heteroatoms. The Morgan fingerprint density at radius 1 is 1.42 bits per heavy atom. The number of amides is 1. The lowest BCUT2D eigenvalue weighted by Crippen LogP contribution is -2.66. The summed E-state index contributed by atoms with van der Waals surface area (Å²) >= 11 is 0. The summed E-state index contributed by atoms with van der Waals surface area (Å²) in [6.45, 7) is 4.05. The van der Waals surface area contributed by atoms with E-state index >= 15 is 0 Å². The van der Waals surface area contributed by atoms with Gasteiger partial charge in [0.05, 0.1) is 13.2 Å². The highest BCUT2D eigenvalue weighted by Crippen LogP contribution is 2.50. The molecule has 1 spiro atoms. The quantitative estimate of drug-likeness (QED) is 0.897. The van der Waals surface area contributed by atoms with Gasteiger partial charge in [0.15, 0.2) is 11.6 Å². The van der Waals surface area contributed by atoms with E-state index in [2.05, 4.69) is 5.32 Å². The number of carbonyl (C=O) groups is 1. The molecule has 2 unspecified atom stereocenters. The van der Waals surface area contributed by atoms with Crippen LogP contribution in [0.15, 0.2) is 18.2 Å². The van der Waals surface area contributed by atoms with Gasteiger partial charge in [0.25, 0.3) is 5.91 Å². The average molecular weight is 337 g/mol. The Bertz CT molecular complexity index is 601. The van der Waals surface area contributed by atoms with Gasteiger partial charge in [-0.05, 0) is 44.4 Å². The second-order valence-corrected chi connectivity index (χ2v) is 6.40. The van der Waals surface area contributed by atoms with Crippen LogP contribution < -0.4 is 10.1 Å². The lowest BCUT2D eigenvalue weighted by atomic mass is 9.57. The van der Waals surface area contributed by atoms with Crippen molar-refractivity contribution in [1.29, 1.82) is 0 Å². The maximum absolute atomic E-state index is 13.5. The van der Waals surface area contributed by atoms with Gasteiger partial charge in [-0.15, -0.1) is 0 Å². The first-order valence-corrected chi connectivity index (χ1v) is 8.44. The molecule has 1 aliphatic heterocycles. The number of methoxy groups -OCH3 is 1. The molecule has 0 aromatic heterocycles. The molecule has 1 N–H and O–H groups in total. The third-order valence-electron chi connectivity index (χ3n) is 5.30. The van der Waals surface area contributed by atoms with Crippen LogP contribution in [0.4, 0.5) is 4.39 Å². The molecule has 5 nitrogen and oxygen atoms in total. The first-order chi connectivity index (χ1) is 11.6. The second kappa shape index (κ2) is 7.07. The Labute approximate surface area is 141 Å². The van der Waals surface area contributed by atoms with Crippen molar-refractivity contribution in [3.05, 3.63) is 29.6 Å². The third kappa shape index (κ3) is 3.00. The van der Waals surface area contributed by atoms with Crippen LogP contribution in [0.2, 0.25) is 0 Å². The normalized spacial score (nSPS) is 25.1. The highest BCUT2D eigenvalue weighted by atomic mass is 19.1. The Hall–Kier alpha value is -1.66.